The zero-order chi connectivity index (χ0) is 22.2. The SMILES string of the molecule is OBc1ccc2c(c1)c1ccccc1n2-c1nc(-c2ccccc2)cc(-c2ccccc2)n1. The second kappa shape index (κ2) is 8.04. The summed E-state index contributed by atoms with van der Waals surface area (Å²) in [6.07, 6.45) is 0. The molecule has 0 amide bonds. The second-order valence-corrected chi connectivity index (χ2v) is 8.03. The van der Waals surface area contributed by atoms with E-state index in [2.05, 4.69) is 41.0 Å². The van der Waals surface area contributed by atoms with Gasteiger partial charge in [-0.1, -0.05) is 96.5 Å². The first kappa shape index (κ1) is 19.5. The molecule has 0 saturated carbocycles. The van der Waals surface area contributed by atoms with Crippen LogP contribution in [-0.2, 0) is 0 Å². The Bertz CT molecular complexity index is 1540. The number of hydrogen-bond acceptors (Lipinski definition) is 3. The Hall–Kier alpha value is -4.22. The zero-order valence-corrected chi connectivity index (χ0v) is 17.9. The standard InChI is InChI=1S/C28H20BN3O/c33-29-21-15-16-27-23(17-21)22-13-7-8-14-26(22)32(27)28-30-24(19-9-3-1-4-10-19)18-25(31-28)20-11-5-2-6-12-20/h1-18,29,33H. The Morgan fingerprint density at radius 2 is 1.15 bits per heavy atom. The molecule has 33 heavy (non-hydrogen) atoms. The van der Waals surface area contributed by atoms with Crippen molar-refractivity contribution in [1.29, 1.82) is 0 Å². The van der Waals surface area contributed by atoms with Crippen LogP contribution in [0.1, 0.15) is 0 Å². The fourth-order valence-corrected chi connectivity index (χ4v) is 4.38. The molecule has 0 fully saturated rings. The average Bonchev–Trinajstić information content (AvgIpc) is 3.23. The van der Waals surface area contributed by atoms with Gasteiger partial charge < -0.3 is 5.02 Å². The first-order valence-electron chi connectivity index (χ1n) is 10.9. The van der Waals surface area contributed by atoms with Gasteiger partial charge in [-0.3, -0.25) is 4.57 Å². The third kappa shape index (κ3) is 3.39. The highest BCUT2D eigenvalue weighted by Crippen LogP contribution is 2.32. The van der Waals surface area contributed by atoms with E-state index in [0.717, 1.165) is 49.8 Å². The van der Waals surface area contributed by atoms with Gasteiger partial charge in [0, 0.05) is 21.9 Å². The molecule has 1 N–H and O–H groups in total. The molecular weight excluding hydrogens is 405 g/mol. The van der Waals surface area contributed by atoms with Crippen LogP contribution in [0.25, 0.3) is 50.3 Å². The van der Waals surface area contributed by atoms with E-state index in [1.807, 2.05) is 72.8 Å². The van der Waals surface area contributed by atoms with Gasteiger partial charge in [-0.2, -0.15) is 0 Å². The van der Waals surface area contributed by atoms with Crippen molar-refractivity contribution in [2.24, 2.45) is 0 Å². The van der Waals surface area contributed by atoms with E-state index in [-0.39, 0.29) is 7.48 Å². The first-order chi connectivity index (χ1) is 16.3. The van der Waals surface area contributed by atoms with E-state index in [1.54, 1.807) is 0 Å². The van der Waals surface area contributed by atoms with E-state index in [9.17, 15) is 5.02 Å². The lowest BCUT2D eigenvalue weighted by Gasteiger charge is -2.11. The highest BCUT2D eigenvalue weighted by molar-refractivity contribution is 6.46. The first-order valence-corrected chi connectivity index (χ1v) is 10.9. The van der Waals surface area contributed by atoms with Crippen molar-refractivity contribution in [3.05, 3.63) is 109 Å². The van der Waals surface area contributed by atoms with E-state index in [4.69, 9.17) is 9.97 Å². The summed E-state index contributed by atoms with van der Waals surface area (Å²) in [5, 5.41) is 11.9. The van der Waals surface area contributed by atoms with Gasteiger partial charge in [-0.15, -0.1) is 0 Å². The Morgan fingerprint density at radius 1 is 0.576 bits per heavy atom. The number of benzene rings is 4. The highest BCUT2D eigenvalue weighted by atomic mass is 16.2. The van der Waals surface area contributed by atoms with Gasteiger partial charge in [-0.05, 0) is 18.2 Å². The second-order valence-electron chi connectivity index (χ2n) is 8.03. The fraction of sp³-hybridized carbons (Fsp3) is 0. The molecule has 0 aliphatic heterocycles. The van der Waals surface area contributed by atoms with Crippen molar-refractivity contribution in [1.82, 2.24) is 14.5 Å². The number of fused-ring (bicyclic) bond motifs is 3. The van der Waals surface area contributed by atoms with Crippen LogP contribution >= 0.6 is 0 Å². The lowest BCUT2D eigenvalue weighted by Crippen LogP contribution is -2.12. The molecule has 0 spiro atoms. The smallest absolute Gasteiger partial charge is 0.304 e. The predicted molar refractivity (Wildman–Crippen MR) is 136 cm³/mol. The van der Waals surface area contributed by atoms with Crippen molar-refractivity contribution in [2.75, 3.05) is 0 Å². The van der Waals surface area contributed by atoms with Gasteiger partial charge in [0.05, 0.1) is 22.4 Å². The quantitative estimate of drug-likeness (QED) is 0.410. The minimum Gasteiger partial charge on any atom is -0.449 e. The Balaban J connectivity index is 1.68. The maximum absolute atomic E-state index is 9.69. The van der Waals surface area contributed by atoms with Crippen molar-refractivity contribution in [2.45, 2.75) is 0 Å². The van der Waals surface area contributed by atoms with E-state index in [1.165, 1.54) is 0 Å². The van der Waals surface area contributed by atoms with Gasteiger partial charge in [0.2, 0.25) is 5.95 Å². The lowest BCUT2D eigenvalue weighted by molar-refractivity contribution is 0.615. The van der Waals surface area contributed by atoms with Gasteiger partial charge in [0.25, 0.3) is 0 Å². The molecular formula is C28H20BN3O. The van der Waals surface area contributed by atoms with Crippen LogP contribution in [-0.4, -0.2) is 27.0 Å². The molecule has 6 rings (SSSR count). The van der Waals surface area contributed by atoms with Crippen LogP contribution in [0.5, 0.6) is 0 Å². The minimum absolute atomic E-state index is 0.00753. The maximum Gasteiger partial charge on any atom is 0.304 e. The minimum atomic E-state index is 0.00753. The van der Waals surface area contributed by atoms with Crippen molar-refractivity contribution >= 4 is 34.8 Å². The highest BCUT2D eigenvalue weighted by Gasteiger charge is 2.17. The van der Waals surface area contributed by atoms with E-state index in [0.29, 0.717) is 5.95 Å². The van der Waals surface area contributed by atoms with E-state index < -0.39 is 0 Å². The number of rotatable bonds is 4. The normalized spacial score (nSPS) is 11.2. The van der Waals surface area contributed by atoms with Crippen LogP contribution in [0.2, 0.25) is 0 Å². The molecule has 0 unspecified atom stereocenters. The number of nitrogens with zero attached hydrogens (tertiary/aromatic N) is 3. The molecule has 2 aromatic heterocycles. The zero-order valence-electron chi connectivity index (χ0n) is 17.9. The van der Waals surface area contributed by atoms with E-state index >= 15 is 0 Å². The van der Waals surface area contributed by atoms with Crippen molar-refractivity contribution in [3.63, 3.8) is 0 Å². The maximum atomic E-state index is 9.69. The monoisotopic (exact) mass is 425 g/mol. The number of aromatic nitrogens is 3. The molecule has 0 atom stereocenters. The predicted octanol–water partition coefficient (Wildman–Crippen LogP) is 4.88. The van der Waals surface area contributed by atoms with Crippen LogP contribution in [0.4, 0.5) is 0 Å². The molecule has 0 bridgehead atoms. The molecule has 6 aromatic rings. The molecule has 2 heterocycles. The Kier molecular flexibility index (Phi) is 4.74. The van der Waals surface area contributed by atoms with Crippen molar-refractivity contribution < 1.29 is 5.02 Å². The summed E-state index contributed by atoms with van der Waals surface area (Å²) in [6, 6.07) is 36.8. The summed E-state index contributed by atoms with van der Waals surface area (Å²) < 4.78 is 2.12. The third-order valence-electron chi connectivity index (χ3n) is 5.97. The van der Waals surface area contributed by atoms with Gasteiger partial charge >= 0.3 is 7.48 Å². The molecule has 4 nitrogen and oxygen atoms in total. The van der Waals surface area contributed by atoms with Crippen LogP contribution in [0.15, 0.2) is 109 Å². The largest absolute Gasteiger partial charge is 0.449 e. The van der Waals surface area contributed by atoms with Crippen LogP contribution < -0.4 is 5.46 Å². The molecule has 5 heteroatoms. The topological polar surface area (TPSA) is 50.9 Å². The Morgan fingerprint density at radius 3 is 1.79 bits per heavy atom. The van der Waals surface area contributed by atoms with Crippen LogP contribution in [0, 0.1) is 0 Å². The molecule has 0 aliphatic rings. The number of para-hydroxylation sites is 1. The summed E-state index contributed by atoms with van der Waals surface area (Å²) >= 11 is 0. The Labute approximate surface area is 192 Å². The van der Waals surface area contributed by atoms with Gasteiger partial charge in [0.15, 0.2) is 0 Å². The lowest BCUT2D eigenvalue weighted by atomic mass is 9.88. The third-order valence-corrected chi connectivity index (χ3v) is 5.97. The fourth-order valence-electron chi connectivity index (χ4n) is 4.38. The summed E-state index contributed by atoms with van der Waals surface area (Å²) in [7, 11) is 0.00753. The molecule has 0 aliphatic carbocycles. The van der Waals surface area contributed by atoms with Crippen molar-refractivity contribution in [3.8, 4) is 28.5 Å². The summed E-state index contributed by atoms with van der Waals surface area (Å²) in [4.78, 5) is 10.0. The average molecular weight is 425 g/mol. The summed E-state index contributed by atoms with van der Waals surface area (Å²) in [5.41, 5.74) is 6.76. The molecule has 156 valence electrons. The summed E-state index contributed by atoms with van der Waals surface area (Å²) in [5.74, 6) is 0.623. The summed E-state index contributed by atoms with van der Waals surface area (Å²) in [6.45, 7) is 0. The molecule has 0 saturated heterocycles. The van der Waals surface area contributed by atoms with Gasteiger partial charge in [-0.25, -0.2) is 9.97 Å². The molecule has 0 radical (unpaired) electrons. The number of hydrogen-bond donors (Lipinski definition) is 1. The molecule has 4 aromatic carbocycles. The van der Waals surface area contributed by atoms with Crippen LogP contribution in [0.3, 0.4) is 0 Å². The van der Waals surface area contributed by atoms with Gasteiger partial charge in [0.1, 0.15) is 0 Å².